The van der Waals surface area contributed by atoms with E-state index < -0.39 is 5.97 Å². The first kappa shape index (κ1) is 22.9. The maximum absolute atomic E-state index is 12.4. The summed E-state index contributed by atoms with van der Waals surface area (Å²) in [5.74, 6) is -1.31. The summed E-state index contributed by atoms with van der Waals surface area (Å²) in [6.45, 7) is 2.76. The number of carbonyl (C=O) groups is 2. The Labute approximate surface area is 189 Å². The van der Waals surface area contributed by atoms with Crippen LogP contribution in [-0.2, 0) is 24.2 Å². The van der Waals surface area contributed by atoms with E-state index in [4.69, 9.17) is 5.11 Å². The topological polar surface area (TPSA) is 104 Å². The molecule has 0 aliphatic carbocycles. The third-order valence-corrected chi connectivity index (χ3v) is 6.29. The number of anilines is 2. The first-order valence-electron chi connectivity index (χ1n) is 10.3. The zero-order chi connectivity index (χ0) is 22.1. The molecule has 1 aromatic carbocycles. The number of aromatic nitrogens is 2. The van der Waals surface area contributed by atoms with Gasteiger partial charge in [-0.15, -0.1) is 22.7 Å². The van der Waals surface area contributed by atoms with E-state index in [1.54, 1.807) is 10.8 Å². The van der Waals surface area contributed by atoms with E-state index in [1.807, 2.05) is 6.07 Å². The Morgan fingerprint density at radius 1 is 1.06 bits per heavy atom. The third-order valence-electron chi connectivity index (χ3n) is 4.64. The highest BCUT2D eigenvalue weighted by Gasteiger charge is 2.14. The summed E-state index contributed by atoms with van der Waals surface area (Å²) in [4.78, 5) is 31.7. The van der Waals surface area contributed by atoms with Crippen molar-refractivity contribution in [3.63, 3.8) is 0 Å². The van der Waals surface area contributed by atoms with Crippen LogP contribution in [0.25, 0.3) is 0 Å². The second kappa shape index (κ2) is 11.6. The molecule has 0 saturated carbocycles. The predicted molar refractivity (Wildman–Crippen MR) is 125 cm³/mol. The number of nitrogens with one attached hydrogen (secondary N) is 2. The molecule has 0 saturated heterocycles. The average Bonchev–Trinajstić information content (AvgIpc) is 3.39. The van der Waals surface area contributed by atoms with Gasteiger partial charge in [0.15, 0.2) is 5.13 Å². The first-order valence-corrected chi connectivity index (χ1v) is 12.0. The SMILES string of the molecule is CCCCCCc1ccccc1NCc1nc(C(=O)Nc2nc(CC(=O)O)cs2)cs1. The van der Waals surface area contributed by atoms with Crippen LogP contribution in [-0.4, -0.2) is 27.0 Å². The van der Waals surface area contributed by atoms with E-state index in [9.17, 15) is 9.59 Å². The van der Waals surface area contributed by atoms with Crippen molar-refractivity contribution in [1.82, 2.24) is 9.97 Å². The number of para-hydroxylation sites is 1. The fraction of sp³-hybridized carbons (Fsp3) is 0.364. The van der Waals surface area contributed by atoms with Crippen LogP contribution >= 0.6 is 22.7 Å². The third kappa shape index (κ3) is 7.15. The van der Waals surface area contributed by atoms with E-state index in [0.29, 0.717) is 23.1 Å². The van der Waals surface area contributed by atoms with E-state index in [2.05, 4.69) is 45.7 Å². The van der Waals surface area contributed by atoms with Gasteiger partial charge >= 0.3 is 5.97 Å². The number of aryl methyl sites for hydroxylation is 1. The number of benzene rings is 1. The second-order valence-electron chi connectivity index (χ2n) is 7.12. The van der Waals surface area contributed by atoms with E-state index in [1.165, 1.54) is 53.9 Å². The molecule has 2 aromatic heterocycles. The number of thiazole rings is 2. The molecule has 3 aromatic rings. The summed E-state index contributed by atoms with van der Waals surface area (Å²) in [5.41, 5.74) is 3.15. The summed E-state index contributed by atoms with van der Waals surface area (Å²) in [5, 5.41) is 19.5. The van der Waals surface area contributed by atoms with Crippen LogP contribution in [0.1, 0.15) is 59.4 Å². The maximum atomic E-state index is 12.4. The molecule has 164 valence electrons. The highest BCUT2D eigenvalue weighted by molar-refractivity contribution is 7.14. The lowest BCUT2D eigenvalue weighted by molar-refractivity contribution is -0.136. The molecular weight excluding hydrogens is 432 g/mol. The van der Waals surface area contributed by atoms with Gasteiger partial charge in [0.1, 0.15) is 10.7 Å². The van der Waals surface area contributed by atoms with Crippen LogP contribution in [0.5, 0.6) is 0 Å². The molecular formula is C22H26N4O3S2. The minimum Gasteiger partial charge on any atom is -0.481 e. The Balaban J connectivity index is 1.54. The van der Waals surface area contributed by atoms with Gasteiger partial charge in [0.2, 0.25) is 0 Å². The molecule has 0 radical (unpaired) electrons. The zero-order valence-corrected chi connectivity index (χ0v) is 19.0. The Kier molecular flexibility index (Phi) is 8.54. The average molecular weight is 459 g/mol. The van der Waals surface area contributed by atoms with Gasteiger partial charge in [-0.2, -0.15) is 0 Å². The number of hydrogen-bond donors (Lipinski definition) is 3. The monoisotopic (exact) mass is 458 g/mol. The molecule has 0 aliphatic rings. The lowest BCUT2D eigenvalue weighted by atomic mass is 10.0. The molecule has 1 amide bonds. The first-order chi connectivity index (χ1) is 15.0. The summed E-state index contributed by atoms with van der Waals surface area (Å²) in [7, 11) is 0. The Hall–Kier alpha value is -2.78. The van der Waals surface area contributed by atoms with E-state index >= 15 is 0 Å². The number of carbonyl (C=O) groups excluding carboxylic acids is 1. The molecule has 0 unspecified atom stereocenters. The number of hydrogen-bond acceptors (Lipinski definition) is 7. The lowest BCUT2D eigenvalue weighted by Gasteiger charge is -2.11. The number of carboxylic acids is 1. The minimum absolute atomic E-state index is 0.168. The molecule has 3 N–H and O–H groups in total. The van der Waals surface area contributed by atoms with Gasteiger partial charge in [0.05, 0.1) is 18.7 Å². The maximum Gasteiger partial charge on any atom is 0.309 e. The van der Waals surface area contributed by atoms with Crippen molar-refractivity contribution in [2.45, 2.75) is 52.0 Å². The minimum atomic E-state index is -0.956. The summed E-state index contributed by atoms with van der Waals surface area (Å²) >= 11 is 2.62. The number of rotatable bonds is 12. The molecule has 7 nitrogen and oxygen atoms in total. The molecule has 0 fully saturated rings. The van der Waals surface area contributed by atoms with Gasteiger partial charge in [-0.05, 0) is 24.5 Å². The van der Waals surface area contributed by atoms with E-state index in [0.717, 1.165) is 17.1 Å². The second-order valence-corrected chi connectivity index (χ2v) is 8.92. The summed E-state index contributed by atoms with van der Waals surface area (Å²) < 4.78 is 0. The van der Waals surface area contributed by atoms with Crippen LogP contribution in [0, 0.1) is 0 Å². The van der Waals surface area contributed by atoms with Gasteiger partial charge in [-0.1, -0.05) is 44.4 Å². The van der Waals surface area contributed by atoms with Crippen LogP contribution in [0.2, 0.25) is 0 Å². The van der Waals surface area contributed by atoms with Gasteiger partial charge in [0.25, 0.3) is 5.91 Å². The molecule has 0 spiro atoms. The van der Waals surface area contributed by atoms with Crippen molar-refractivity contribution in [1.29, 1.82) is 0 Å². The zero-order valence-electron chi connectivity index (χ0n) is 17.4. The molecule has 2 heterocycles. The fourth-order valence-electron chi connectivity index (χ4n) is 3.08. The number of amides is 1. The van der Waals surface area contributed by atoms with Crippen molar-refractivity contribution in [3.8, 4) is 0 Å². The van der Waals surface area contributed by atoms with Crippen LogP contribution in [0.15, 0.2) is 35.0 Å². The number of unbranched alkanes of at least 4 members (excludes halogenated alkanes) is 3. The Bertz CT molecular complexity index is 1020. The summed E-state index contributed by atoms with van der Waals surface area (Å²) in [6.07, 6.45) is 5.80. The standard InChI is InChI=1S/C22H26N4O3S2/c1-2-3-4-5-8-15-9-6-7-10-17(15)23-12-19-25-18(14-30-19)21(29)26-22-24-16(13-31-22)11-20(27)28/h6-7,9-10,13-14,23H,2-5,8,11-12H2,1H3,(H,27,28)(H,24,26,29). The lowest BCUT2D eigenvalue weighted by Crippen LogP contribution is -2.13. The summed E-state index contributed by atoms with van der Waals surface area (Å²) in [6, 6.07) is 8.31. The molecule has 0 aliphatic heterocycles. The van der Waals surface area contributed by atoms with Crippen molar-refractivity contribution in [3.05, 3.63) is 57.0 Å². The predicted octanol–water partition coefficient (Wildman–Crippen LogP) is 5.21. The van der Waals surface area contributed by atoms with Crippen molar-refractivity contribution < 1.29 is 14.7 Å². The highest BCUT2D eigenvalue weighted by atomic mass is 32.1. The largest absolute Gasteiger partial charge is 0.481 e. The Morgan fingerprint density at radius 2 is 1.90 bits per heavy atom. The molecule has 31 heavy (non-hydrogen) atoms. The highest BCUT2D eigenvalue weighted by Crippen LogP contribution is 2.21. The molecule has 3 rings (SSSR count). The van der Waals surface area contributed by atoms with Crippen LogP contribution in [0.3, 0.4) is 0 Å². The van der Waals surface area contributed by atoms with Gasteiger partial charge in [0, 0.05) is 16.4 Å². The van der Waals surface area contributed by atoms with Crippen molar-refractivity contribution in [2.75, 3.05) is 10.6 Å². The van der Waals surface area contributed by atoms with Gasteiger partial charge in [-0.25, -0.2) is 9.97 Å². The van der Waals surface area contributed by atoms with Crippen molar-refractivity contribution >= 4 is 45.4 Å². The normalized spacial score (nSPS) is 10.7. The van der Waals surface area contributed by atoms with Gasteiger partial charge < -0.3 is 10.4 Å². The number of carboxylic acid groups (broad SMARTS) is 1. The molecule has 0 atom stereocenters. The molecule has 9 heteroatoms. The fourth-order valence-corrected chi connectivity index (χ4v) is 4.50. The van der Waals surface area contributed by atoms with Crippen LogP contribution < -0.4 is 10.6 Å². The smallest absolute Gasteiger partial charge is 0.309 e. The Morgan fingerprint density at radius 3 is 2.71 bits per heavy atom. The molecule has 0 bridgehead atoms. The van der Waals surface area contributed by atoms with Crippen molar-refractivity contribution in [2.24, 2.45) is 0 Å². The number of aliphatic carboxylic acids is 1. The van der Waals surface area contributed by atoms with E-state index in [-0.39, 0.29) is 12.3 Å². The quantitative estimate of drug-likeness (QED) is 0.322. The van der Waals surface area contributed by atoms with Gasteiger partial charge in [-0.3, -0.25) is 14.9 Å². The van der Waals surface area contributed by atoms with Crippen LogP contribution in [0.4, 0.5) is 10.8 Å². The number of nitrogens with zero attached hydrogens (tertiary/aromatic N) is 2.